The van der Waals surface area contributed by atoms with Gasteiger partial charge in [0.25, 0.3) is 5.91 Å². The number of carbonyl (C=O) groups is 3. The van der Waals surface area contributed by atoms with Crippen LogP contribution in [0, 0.1) is 6.92 Å². The van der Waals surface area contributed by atoms with E-state index < -0.39 is 5.97 Å². The van der Waals surface area contributed by atoms with Crippen molar-refractivity contribution in [3.8, 4) is 0 Å². The Morgan fingerprint density at radius 1 is 1.33 bits per heavy atom. The van der Waals surface area contributed by atoms with Crippen LogP contribution in [0.5, 0.6) is 0 Å². The molecule has 1 rings (SSSR count). The smallest absolute Gasteiger partial charge is 0.325 e. The van der Waals surface area contributed by atoms with Gasteiger partial charge < -0.3 is 15.0 Å². The van der Waals surface area contributed by atoms with Crippen LogP contribution in [0.15, 0.2) is 12.1 Å². The highest BCUT2D eigenvalue weighted by Gasteiger charge is 2.21. The number of ether oxygens (including phenoxy) is 1. The second kappa shape index (κ2) is 7.78. The lowest BCUT2D eigenvalue weighted by Gasteiger charge is -2.25. The van der Waals surface area contributed by atoms with Crippen molar-refractivity contribution in [1.29, 1.82) is 0 Å². The predicted octanol–water partition coefficient (Wildman–Crippen LogP) is 1.20. The normalized spacial score (nSPS) is 10.3. The first-order chi connectivity index (χ1) is 9.85. The van der Waals surface area contributed by atoms with Crippen LogP contribution in [0.25, 0.3) is 0 Å². The third kappa shape index (κ3) is 5.18. The molecule has 0 bridgehead atoms. The van der Waals surface area contributed by atoms with E-state index in [2.05, 4.69) is 10.1 Å². The summed E-state index contributed by atoms with van der Waals surface area (Å²) in [6.45, 7) is 5.23. The van der Waals surface area contributed by atoms with Crippen molar-refractivity contribution in [2.75, 3.05) is 20.2 Å². The molecule has 0 spiro atoms. The SMILES string of the molecule is COC(=O)CN(C(=O)CNC(=O)c1ccc(C)s1)C(C)C. The Labute approximate surface area is 128 Å². The molecule has 0 saturated carbocycles. The molecule has 1 N–H and O–H groups in total. The molecule has 0 atom stereocenters. The summed E-state index contributed by atoms with van der Waals surface area (Å²) in [5.74, 6) is -1.10. The quantitative estimate of drug-likeness (QED) is 0.801. The molecule has 1 aromatic rings. The van der Waals surface area contributed by atoms with Crippen LogP contribution in [0.2, 0.25) is 0 Å². The van der Waals surface area contributed by atoms with E-state index in [4.69, 9.17) is 0 Å². The van der Waals surface area contributed by atoms with E-state index in [-0.39, 0.29) is 30.9 Å². The predicted molar refractivity (Wildman–Crippen MR) is 80.3 cm³/mol. The molecular weight excluding hydrogens is 292 g/mol. The lowest BCUT2D eigenvalue weighted by atomic mass is 10.3. The Bertz CT molecular complexity index is 525. The van der Waals surface area contributed by atoms with Crippen molar-refractivity contribution >= 4 is 29.1 Å². The van der Waals surface area contributed by atoms with Crippen LogP contribution in [-0.4, -0.2) is 48.9 Å². The van der Waals surface area contributed by atoms with E-state index in [1.165, 1.54) is 23.3 Å². The largest absolute Gasteiger partial charge is 0.468 e. The molecule has 0 aliphatic heterocycles. The van der Waals surface area contributed by atoms with Gasteiger partial charge in [0.1, 0.15) is 6.54 Å². The first-order valence-electron chi connectivity index (χ1n) is 6.56. The number of nitrogens with zero attached hydrogens (tertiary/aromatic N) is 1. The summed E-state index contributed by atoms with van der Waals surface area (Å²) in [7, 11) is 1.27. The maximum atomic E-state index is 12.1. The van der Waals surface area contributed by atoms with Crippen LogP contribution in [0.1, 0.15) is 28.4 Å². The average molecular weight is 312 g/mol. The van der Waals surface area contributed by atoms with E-state index in [0.717, 1.165) is 4.88 Å². The number of nitrogens with one attached hydrogen (secondary N) is 1. The molecule has 1 aromatic heterocycles. The highest BCUT2D eigenvalue weighted by atomic mass is 32.1. The molecule has 0 aliphatic carbocycles. The molecule has 7 heteroatoms. The molecule has 0 fully saturated rings. The third-order valence-electron chi connectivity index (χ3n) is 2.84. The van der Waals surface area contributed by atoms with Crippen LogP contribution in [0.4, 0.5) is 0 Å². The summed E-state index contributed by atoms with van der Waals surface area (Å²) in [4.78, 5) is 38.2. The Morgan fingerprint density at radius 3 is 2.48 bits per heavy atom. The van der Waals surface area contributed by atoms with E-state index >= 15 is 0 Å². The summed E-state index contributed by atoms with van der Waals surface area (Å²) >= 11 is 1.37. The molecule has 0 aliphatic rings. The number of thiophene rings is 1. The molecule has 1 heterocycles. The van der Waals surface area contributed by atoms with Gasteiger partial charge in [0.15, 0.2) is 0 Å². The number of carbonyl (C=O) groups excluding carboxylic acids is 3. The highest BCUT2D eigenvalue weighted by molar-refractivity contribution is 7.13. The van der Waals surface area contributed by atoms with Crippen LogP contribution < -0.4 is 5.32 Å². The third-order valence-corrected chi connectivity index (χ3v) is 3.83. The zero-order valence-corrected chi connectivity index (χ0v) is 13.5. The van der Waals surface area contributed by atoms with Gasteiger partial charge in [0, 0.05) is 10.9 Å². The van der Waals surface area contributed by atoms with Gasteiger partial charge in [-0.15, -0.1) is 11.3 Å². The van der Waals surface area contributed by atoms with Crippen molar-refractivity contribution in [3.63, 3.8) is 0 Å². The van der Waals surface area contributed by atoms with Crippen molar-refractivity contribution in [3.05, 3.63) is 21.9 Å². The topological polar surface area (TPSA) is 75.7 Å². The molecule has 0 radical (unpaired) electrons. The van der Waals surface area contributed by atoms with Gasteiger partial charge in [-0.3, -0.25) is 14.4 Å². The number of hydrogen-bond acceptors (Lipinski definition) is 5. The van der Waals surface area contributed by atoms with E-state index in [9.17, 15) is 14.4 Å². The van der Waals surface area contributed by atoms with Crippen molar-refractivity contribution in [2.24, 2.45) is 0 Å². The van der Waals surface area contributed by atoms with Crippen LogP contribution >= 0.6 is 11.3 Å². The van der Waals surface area contributed by atoms with Crippen LogP contribution in [0.3, 0.4) is 0 Å². The van der Waals surface area contributed by atoms with Gasteiger partial charge >= 0.3 is 5.97 Å². The number of hydrogen-bond donors (Lipinski definition) is 1. The lowest BCUT2D eigenvalue weighted by Crippen LogP contribution is -2.46. The first kappa shape index (κ1) is 17.2. The molecule has 0 unspecified atom stereocenters. The van der Waals surface area contributed by atoms with Gasteiger partial charge in [-0.05, 0) is 32.9 Å². The molecular formula is C14H20N2O4S. The second-order valence-corrected chi connectivity index (χ2v) is 6.07. The Balaban J connectivity index is 2.57. The van der Waals surface area contributed by atoms with Gasteiger partial charge in [0.05, 0.1) is 18.5 Å². The Hall–Kier alpha value is -1.89. The van der Waals surface area contributed by atoms with Crippen molar-refractivity contribution < 1.29 is 19.1 Å². The summed E-state index contributed by atoms with van der Waals surface area (Å²) in [6.07, 6.45) is 0. The van der Waals surface area contributed by atoms with E-state index in [0.29, 0.717) is 4.88 Å². The monoisotopic (exact) mass is 312 g/mol. The fourth-order valence-electron chi connectivity index (χ4n) is 1.66. The first-order valence-corrected chi connectivity index (χ1v) is 7.37. The summed E-state index contributed by atoms with van der Waals surface area (Å²) in [6, 6.07) is 3.41. The van der Waals surface area contributed by atoms with Gasteiger partial charge in [-0.2, -0.15) is 0 Å². The Morgan fingerprint density at radius 2 is 2.00 bits per heavy atom. The summed E-state index contributed by atoms with van der Waals surface area (Å²) in [5, 5.41) is 2.57. The second-order valence-electron chi connectivity index (χ2n) is 4.78. The lowest BCUT2D eigenvalue weighted by molar-refractivity contribution is -0.147. The number of amides is 2. The Kier molecular flexibility index (Phi) is 6.36. The van der Waals surface area contributed by atoms with Gasteiger partial charge in [0.2, 0.25) is 5.91 Å². The molecule has 21 heavy (non-hydrogen) atoms. The number of esters is 1. The number of rotatable bonds is 6. The molecule has 2 amide bonds. The maximum absolute atomic E-state index is 12.1. The highest BCUT2D eigenvalue weighted by Crippen LogP contribution is 2.14. The molecule has 116 valence electrons. The van der Waals surface area contributed by atoms with Gasteiger partial charge in [-0.25, -0.2) is 0 Å². The fraction of sp³-hybridized carbons (Fsp3) is 0.500. The van der Waals surface area contributed by atoms with Gasteiger partial charge in [-0.1, -0.05) is 0 Å². The molecule has 0 saturated heterocycles. The van der Waals surface area contributed by atoms with E-state index in [1.807, 2.05) is 13.0 Å². The molecule has 0 aromatic carbocycles. The fourth-order valence-corrected chi connectivity index (χ4v) is 2.45. The minimum atomic E-state index is -0.489. The number of methoxy groups -OCH3 is 1. The van der Waals surface area contributed by atoms with E-state index in [1.54, 1.807) is 19.9 Å². The minimum absolute atomic E-state index is 0.124. The summed E-state index contributed by atoms with van der Waals surface area (Å²) < 4.78 is 4.56. The van der Waals surface area contributed by atoms with Crippen molar-refractivity contribution in [1.82, 2.24) is 10.2 Å². The minimum Gasteiger partial charge on any atom is -0.468 e. The zero-order valence-electron chi connectivity index (χ0n) is 12.6. The zero-order chi connectivity index (χ0) is 16.0. The molecule has 6 nitrogen and oxygen atoms in total. The summed E-state index contributed by atoms with van der Waals surface area (Å²) in [5.41, 5.74) is 0. The van der Waals surface area contributed by atoms with Crippen LogP contribution in [-0.2, 0) is 14.3 Å². The standard InChI is InChI=1S/C14H20N2O4S/c1-9(2)16(8-13(18)20-4)12(17)7-15-14(19)11-6-5-10(3)21-11/h5-6,9H,7-8H2,1-4H3,(H,15,19). The average Bonchev–Trinajstić information content (AvgIpc) is 2.87. The maximum Gasteiger partial charge on any atom is 0.325 e. The van der Waals surface area contributed by atoms with Crippen molar-refractivity contribution in [2.45, 2.75) is 26.8 Å². The number of aryl methyl sites for hydroxylation is 1.